The minimum atomic E-state index is -0.312. The Hall–Kier alpha value is -2.69. The predicted octanol–water partition coefficient (Wildman–Crippen LogP) is 2.97. The van der Waals surface area contributed by atoms with Crippen LogP contribution in [0, 0.1) is 0 Å². The molecule has 1 aliphatic heterocycles. The molecule has 2 aromatic carbocycles. The highest BCUT2D eigenvalue weighted by Crippen LogP contribution is 2.39. The molecule has 1 aliphatic rings. The molecule has 0 radical (unpaired) electrons. The number of benzene rings is 2. The fourth-order valence-corrected chi connectivity index (χ4v) is 2.93. The van der Waals surface area contributed by atoms with Gasteiger partial charge in [-0.05, 0) is 25.1 Å². The summed E-state index contributed by atoms with van der Waals surface area (Å²) < 4.78 is 11.2. The summed E-state index contributed by atoms with van der Waals surface area (Å²) in [6.07, 6.45) is -0.312. The monoisotopic (exact) mass is 312 g/mol. The van der Waals surface area contributed by atoms with Gasteiger partial charge in [-0.3, -0.25) is 4.79 Å². The summed E-state index contributed by atoms with van der Waals surface area (Å²) in [4.78, 5) is 14.4. The van der Waals surface area contributed by atoms with Crippen molar-refractivity contribution in [3.8, 4) is 11.5 Å². The normalized spacial score (nSPS) is 16.6. The molecular weight excluding hydrogens is 292 g/mol. The first kappa shape index (κ1) is 15.2. The number of rotatable bonds is 4. The highest BCUT2D eigenvalue weighted by Gasteiger charge is 2.31. The van der Waals surface area contributed by atoms with E-state index in [1.807, 2.05) is 61.3 Å². The van der Waals surface area contributed by atoms with Crippen molar-refractivity contribution in [3.63, 3.8) is 0 Å². The Balaban J connectivity index is 2.06. The molecule has 1 heterocycles. The molecule has 120 valence electrons. The summed E-state index contributed by atoms with van der Waals surface area (Å²) in [7, 11) is 3.57. The van der Waals surface area contributed by atoms with Gasteiger partial charge in [0.15, 0.2) is 11.5 Å². The molecule has 0 unspecified atom stereocenters. The molecule has 0 fully saturated rings. The number of anilines is 1. The van der Waals surface area contributed by atoms with Crippen molar-refractivity contribution in [1.82, 2.24) is 5.32 Å². The van der Waals surface area contributed by atoms with Gasteiger partial charge < -0.3 is 19.7 Å². The molecule has 5 heteroatoms. The van der Waals surface area contributed by atoms with Crippen molar-refractivity contribution in [1.29, 1.82) is 0 Å². The number of ether oxygens (including phenoxy) is 2. The van der Waals surface area contributed by atoms with Crippen LogP contribution in [0.15, 0.2) is 42.5 Å². The molecule has 1 amide bonds. The smallest absolute Gasteiger partial charge is 0.255 e. The van der Waals surface area contributed by atoms with E-state index in [1.165, 1.54) is 0 Å². The molecule has 2 aromatic rings. The summed E-state index contributed by atoms with van der Waals surface area (Å²) in [5.41, 5.74) is 2.43. The van der Waals surface area contributed by atoms with Crippen LogP contribution in [0.25, 0.3) is 0 Å². The Morgan fingerprint density at radius 2 is 1.96 bits per heavy atom. The summed E-state index contributed by atoms with van der Waals surface area (Å²) in [6, 6.07) is 13.3. The van der Waals surface area contributed by atoms with E-state index in [1.54, 1.807) is 7.11 Å². The fraction of sp³-hybridized carbons (Fsp3) is 0.278. The highest BCUT2D eigenvalue weighted by atomic mass is 16.5. The van der Waals surface area contributed by atoms with Crippen LogP contribution >= 0.6 is 0 Å². The van der Waals surface area contributed by atoms with E-state index in [4.69, 9.17) is 9.47 Å². The van der Waals surface area contributed by atoms with Gasteiger partial charge in [0.05, 0.1) is 25.0 Å². The van der Waals surface area contributed by atoms with E-state index in [0.717, 1.165) is 11.3 Å². The number of carbonyl (C=O) groups excluding carboxylic acids is 1. The van der Waals surface area contributed by atoms with Gasteiger partial charge in [-0.1, -0.05) is 24.3 Å². The van der Waals surface area contributed by atoms with Gasteiger partial charge in [-0.2, -0.15) is 0 Å². The molecule has 0 bridgehead atoms. The van der Waals surface area contributed by atoms with Crippen LogP contribution in [0.1, 0.15) is 29.0 Å². The number of nitrogens with one attached hydrogen (secondary N) is 1. The molecule has 3 rings (SSSR count). The summed E-state index contributed by atoms with van der Waals surface area (Å²) in [5.74, 6) is 1.23. The Labute approximate surface area is 135 Å². The predicted molar refractivity (Wildman–Crippen MR) is 89.2 cm³/mol. The zero-order chi connectivity index (χ0) is 16.4. The quantitative estimate of drug-likeness (QED) is 0.943. The van der Waals surface area contributed by atoms with Crippen molar-refractivity contribution in [2.45, 2.75) is 13.1 Å². The van der Waals surface area contributed by atoms with Crippen LogP contribution in [-0.2, 0) is 0 Å². The SMILES string of the molecule is CCOc1cccc([C@@H]2NC(=O)c3ccccc3N2C)c1OC. The first-order valence-corrected chi connectivity index (χ1v) is 7.59. The highest BCUT2D eigenvalue weighted by molar-refractivity contribution is 6.02. The second-order valence-corrected chi connectivity index (χ2v) is 5.32. The van der Waals surface area contributed by atoms with Gasteiger partial charge in [0.2, 0.25) is 0 Å². The minimum Gasteiger partial charge on any atom is -0.492 e. The second-order valence-electron chi connectivity index (χ2n) is 5.32. The third kappa shape index (κ3) is 2.59. The Morgan fingerprint density at radius 3 is 2.70 bits per heavy atom. The van der Waals surface area contributed by atoms with E-state index >= 15 is 0 Å². The van der Waals surface area contributed by atoms with Gasteiger partial charge in [-0.15, -0.1) is 0 Å². The van der Waals surface area contributed by atoms with Gasteiger partial charge in [0, 0.05) is 12.6 Å². The summed E-state index contributed by atoms with van der Waals surface area (Å²) in [5, 5.41) is 3.03. The number of fused-ring (bicyclic) bond motifs is 1. The van der Waals surface area contributed by atoms with Crippen LogP contribution in [0.2, 0.25) is 0 Å². The maximum Gasteiger partial charge on any atom is 0.255 e. The largest absolute Gasteiger partial charge is 0.492 e. The van der Waals surface area contributed by atoms with Crippen LogP contribution in [0.5, 0.6) is 11.5 Å². The number of methoxy groups -OCH3 is 1. The number of carbonyl (C=O) groups is 1. The first-order valence-electron chi connectivity index (χ1n) is 7.59. The maximum atomic E-state index is 12.4. The van der Waals surface area contributed by atoms with Gasteiger partial charge in [0.25, 0.3) is 5.91 Å². The lowest BCUT2D eigenvalue weighted by atomic mass is 10.0. The molecule has 1 atom stereocenters. The number of hydrogen-bond acceptors (Lipinski definition) is 4. The molecule has 23 heavy (non-hydrogen) atoms. The average molecular weight is 312 g/mol. The summed E-state index contributed by atoms with van der Waals surface area (Å²) in [6.45, 7) is 2.48. The molecule has 1 N–H and O–H groups in total. The van der Waals surface area contributed by atoms with Crippen LogP contribution < -0.4 is 19.7 Å². The lowest BCUT2D eigenvalue weighted by Gasteiger charge is -2.37. The van der Waals surface area contributed by atoms with Crippen LogP contribution in [0.3, 0.4) is 0 Å². The molecule has 5 nitrogen and oxygen atoms in total. The topological polar surface area (TPSA) is 50.8 Å². The fourth-order valence-electron chi connectivity index (χ4n) is 2.93. The van der Waals surface area contributed by atoms with E-state index < -0.39 is 0 Å². The second kappa shape index (κ2) is 6.20. The standard InChI is InChI=1S/C18H20N2O3/c1-4-23-15-11-7-9-13(16(15)22-3)17-19-18(21)12-8-5-6-10-14(12)20(17)2/h5-11,17H,4H2,1-3H3,(H,19,21)/t17-/m1/s1. The zero-order valence-electron chi connectivity index (χ0n) is 13.5. The molecular formula is C18H20N2O3. The zero-order valence-corrected chi connectivity index (χ0v) is 13.5. The lowest BCUT2D eigenvalue weighted by molar-refractivity contribution is 0.0927. The molecule has 0 spiro atoms. The van der Waals surface area contributed by atoms with Crippen molar-refractivity contribution in [2.75, 3.05) is 25.7 Å². The van der Waals surface area contributed by atoms with E-state index in [-0.39, 0.29) is 12.1 Å². The van der Waals surface area contributed by atoms with E-state index in [0.29, 0.717) is 23.7 Å². The first-order chi connectivity index (χ1) is 11.2. The molecule has 0 saturated carbocycles. The van der Waals surface area contributed by atoms with Gasteiger partial charge in [-0.25, -0.2) is 0 Å². The number of para-hydroxylation sites is 2. The van der Waals surface area contributed by atoms with E-state index in [2.05, 4.69) is 5.32 Å². The average Bonchev–Trinajstić information content (AvgIpc) is 2.58. The van der Waals surface area contributed by atoms with Crippen molar-refractivity contribution >= 4 is 11.6 Å². The lowest BCUT2D eigenvalue weighted by Crippen LogP contribution is -2.44. The number of hydrogen-bond donors (Lipinski definition) is 1. The van der Waals surface area contributed by atoms with E-state index in [9.17, 15) is 4.79 Å². The van der Waals surface area contributed by atoms with Crippen LogP contribution in [-0.4, -0.2) is 26.7 Å². The molecule has 0 aromatic heterocycles. The Kier molecular flexibility index (Phi) is 4.10. The van der Waals surface area contributed by atoms with Gasteiger partial charge >= 0.3 is 0 Å². The summed E-state index contributed by atoms with van der Waals surface area (Å²) >= 11 is 0. The maximum absolute atomic E-state index is 12.4. The Morgan fingerprint density at radius 1 is 1.17 bits per heavy atom. The number of amides is 1. The third-order valence-corrected chi connectivity index (χ3v) is 3.99. The van der Waals surface area contributed by atoms with Crippen molar-refractivity contribution < 1.29 is 14.3 Å². The minimum absolute atomic E-state index is 0.0902. The molecule has 0 saturated heterocycles. The van der Waals surface area contributed by atoms with Gasteiger partial charge in [0.1, 0.15) is 6.17 Å². The van der Waals surface area contributed by atoms with Crippen LogP contribution in [0.4, 0.5) is 5.69 Å². The third-order valence-electron chi connectivity index (χ3n) is 3.99. The Bertz CT molecular complexity index is 730. The number of nitrogens with zero attached hydrogens (tertiary/aromatic N) is 1. The van der Waals surface area contributed by atoms with Crippen molar-refractivity contribution in [2.24, 2.45) is 0 Å². The molecule has 0 aliphatic carbocycles. The van der Waals surface area contributed by atoms with Crippen molar-refractivity contribution in [3.05, 3.63) is 53.6 Å².